The first-order valence-corrected chi connectivity index (χ1v) is 5.92. The van der Waals surface area contributed by atoms with E-state index in [1.54, 1.807) is 20.8 Å². The smallest absolute Gasteiger partial charge is 0.434 e. The van der Waals surface area contributed by atoms with Crippen LogP contribution in [0, 0.1) is 6.10 Å². The van der Waals surface area contributed by atoms with Gasteiger partial charge in [-0.3, -0.25) is 0 Å². The maximum atomic E-state index is 11.2. The second-order valence-corrected chi connectivity index (χ2v) is 3.99. The lowest BCUT2D eigenvalue weighted by atomic mass is 10.2. The topological polar surface area (TPSA) is 71.1 Å². The first kappa shape index (κ1) is 16.5. The number of carbonyl (C=O) groups excluding carboxylic acids is 2. The van der Waals surface area contributed by atoms with Crippen LogP contribution in [0.2, 0.25) is 0 Å². The third kappa shape index (κ3) is 7.76. The molecule has 0 N–H and O–H groups in total. The minimum absolute atomic E-state index is 0.231. The van der Waals surface area contributed by atoms with Crippen molar-refractivity contribution in [2.24, 2.45) is 0 Å². The molecule has 0 aromatic carbocycles. The summed E-state index contributed by atoms with van der Waals surface area (Å²) < 4.78 is 19.3. The average Bonchev–Trinajstić information content (AvgIpc) is 2.24. The summed E-state index contributed by atoms with van der Waals surface area (Å²) in [6.45, 7) is 8.68. The van der Waals surface area contributed by atoms with Gasteiger partial charge in [-0.1, -0.05) is 6.92 Å². The average molecular weight is 261 g/mol. The Hall–Kier alpha value is -1.46. The van der Waals surface area contributed by atoms with E-state index in [0.29, 0.717) is 13.0 Å². The molecule has 1 atom stereocenters. The summed E-state index contributed by atoms with van der Waals surface area (Å²) in [6, 6.07) is 0. The number of ether oxygens (including phenoxy) is 4. The van der Waals surface area contributed by atoms with Gasteiger partial charge in [0, 0.05) is 0 Å². The first-order valence-electron chi connectivity index (χ1n) is 5.92. The highest BCUT2D eigenvalue weighted by atomic mass is 16.8. The molecule has 0 aromatic heterocycles. The standard InChI is InChI=1S/C12H21O6/c1-6-7-15-11(13)17-9(4)10(5)18-12(14)16-8(2)3/h8-9H,6-7H2,1-5H3. The molecule has 1 unspecified atom stereocenters. The summed E-state index contributed by atoms with van der Waals surface area (Å²) in [5, 5.41) is 0. The quantitative estimate of drug-likeness (QED) is 0.684. The van der Waals surface area contributed by atoms with Crippen molar-refractivity contribution in [1.82, 2.24) is 0 Å². The molecule has 0 aliphatic carbocycles. The van der Waals surface area contributed by atoms with E-state index >= 15 is 0 Å². The van der Waals surface area contributed by atoms with E-state index in [1.807, 2.05) is 6.92 Å². The fourth-order valence-electron chi connectivity index (χ4n) is 0.878. The van der Waals surface area contributed by atoms with Gasteiger partial charge >= 0.3 is 12.3 Å². The molecular weight excluding hydrogens is 240 g/mol. The van der Waals surface area contributed by atoms with Gasteiger partial charge in [-0.25, -0.2) is 9.59 Å². The van der Waals surface area contributed by atoms with Gasteiger partial charge in [0.1, 0.15) is 6.10 Å². The lowest BCUT2D eigenvalue weighted by Gasteiger charge is -2.19. The van der Waals surface area contributed by atoms with Gasteiger partial charge in [0.2, 0.25) is 0 Å². The van der Waals surface area contributed by atoms with E-state index in [4.69, 9.17) is 18.9 Å². The zero-order valence-corrected chi connectivity index (χ0v) is 11.5. The summed E-state index contributed by atoms with van der Waals surface area (Å²) in [6.07, 6.45) is -1.62. The Balaban J connectivity index is 3.98. The fourth-order valence-corrected chi connectivity index (χ4v) is 0.878. The summed E-state index contributed by atoms with van der Waals surface area (Å²) in [5.74, 6) is 0. The van der Waals surface area contributed by atoms with E-state index in [9.17, 15) is 9.59 Å². The lowest BCUT2D eigenvalue weighted by molar-refractivity contribution is -0.0115. The van der Waals surface area contributed by atoms with Crippen LogP contribution in [0.5, 0.6) is 0 Å². The maximum absolute atomic E-state index is 11.2. The van der Waals surface area contributed by atoms with Gasteiger partial charge in [-0.15, -0.1) is 0 Å². The van der Waals surface area contributed by atoms with Crippen molar-refractivity contribution in [3.8, 4) is 0 Å². The number of hydrogen-bond donors (Lipinski definition) is 0. The minimum Gasteiger partial charge on any atom is -0.434 e. The predicted molar refractivity (Wildman–Crippen MR) is 63.8 cm³/mol. The van der Waals surface area contributed by atoms with Crippen molar-refractivity contribution in [2.75, 3.05) is 6.61 Å². The van der Waals surface area contributed by atoms with Crippen molar-refractivity contribution < 1.29 is 28.5 Å². The molecule has 0 rings (SSSR count). The van der Waals surface area contributed by atoms with Crippen molar-refractivity contribution in [3.05, 3.63) is 6.10 Å². The van der Waals surface area contributed by atoms with Gasteiger partial charge in [0.15, 0.2) is 6.10 Å². The monoisotopic (exact) mass is 261 g/mol. The second kappa shape index (κ2) is 8.60. The first-order chi connectivity index (χ1) is 8.36. The molecule has 105 valence electrons. The number of hydrogen-bond acceptors (Lipinski definition) is 6. The van der Waals surface area contributed by atoms with Crippen molar-refractivity contribution >= 4 is 12.3 Å². The highest BCUT2D eigenvalue weighted by Gasteiger charge is 2.23. The zero-order chi connectivity index (χ0) is 14.1. The Morgan fingerprint density at radius 1 is 1.06 bits per heavy atom. The Morgan fingerprint density at radius 3 is 2.17 bits per heavy atom. The number of carbonyl (C=O) groups is 2. The zero-order valence-electron chi connectivity index (χ0n) is 11.5. The molecule has 18 heavy (non-hydrogen) atoms. The maximum Gasteiger partial charge on any atom is 0.509 e. The van der Waals surface area contributed by atoms with E-state index in [2.05, 4.69) is 0 Å². The Morgan fingerprint density at radius 2 is 1.67 bits per heavy atom. The second-order valence-electron chi connectivity index (χ2n) is 3.99. The van der Waals surface area contributed by atoms with Crippen LogP contribution in [0.25, 0.3) is 0 Å². The van der Waals surface area contributed by atoms with Gasteiger partial charge in [0.05, 0.1) is 12.7 Å². The highest BCUT2D eigenvalue weighted by molar-refractivity contribution is 5.62. The third-order valence-electron chi connectivity index (χ3n) is 1.85. The molecule has 6 heteroatoms. The highest BCUT2D eigenvalue weighted by Crippen LogP contribution is 2.13. The molecule has 1 radical (unpaired) electrons. The van der Waals surface area contributed by atoms with Crippen molar-refractivity contribution in [3.63, 3.8) is 0 Å². The summed E-state index contributed by atoms with van der Waals surface area (Å²) in [7, 11) is 0. The van der Waals surface area contributed by atoms with Crippen LogP contribution in [-0.4, -0.2) is 31.1 Å². The summed E-state index contributed by atoms with van der Waals surface area (Å²) in [4.78, 5) is 22.3. The van der Waals surface area contributed by atoms with Gasteiger partial charge in [-0.2, -0.15) is 0 Å². The van der Waals surface area contributed by atoms with E-state index in [1.165, 1.54) is 6.92 Å². The normalized spacial score (nSPS) is 12.2. The fraction of sp³-hybridized carbons (Fsp3) is 0.750. The SMILES string of the molecule is CCCOC(=O)OC(C)[C](C)OC(=O)OC(C)C. The van der Waals surface area contributed by atoms with Crippen LogP contribution in [-0.2, 0) is 18.9 Å². The minimum atomic E-state index is -0.820. The van der Waals surface area contributed by atoms with Gasteiger partial charge < -0.3 is 18.9 Å². The molecule has 0 aliphatic heterocycles. The molecule has 6 nitrogen and oxygen atoms in total. The molecule has 0 saturated carbocycles. The molecule has 0 saturated heterocycles. The molecule has 0 amide bonds. The van der Waals surface area contributed by atoms with E-state index in [-0.39, 0.29) is 12.2 Å². The molecule has 0 spiro atoms. The molecular formula is C12H21O6. The van der Waals surface area contributed by atoms with Crippen LogP contribution in [0.15, 0.2) is 0 Å². The van der Waals surface area contributed by atoms with Crippen LogP contribution in [0.1, 0.15) is 41.0 Å². The molecule has 0 aromatic rings. The van der Waals surface area contributed by atoms with Crippen LogP contribution < -0.4 is 0 Å². The summed E-state index contributed by atoms with van der Waals surface area (Å²) in [5.41, 5.74) is 0. The van der Waals surface area contributed by atoms with Crippen LogP contribution in [0.3, 0.4) is 0 Å². The summed E-state index contributed by atoms with van der Waals surface area (Å²) >= 11 is 0. The van der Waals surface area contributed by atoms with Crippen molar-refractivity contribution in [1.29, 1.82) is 0 Å². The Labute approximate surface area is 108 Å². The largest absolute Gasteiger partial charge is 0.509 e. The lowest BCUT2D eigenvalue weighted by Crippen LogP contribution is -2.26. The predicted octanol–water partition coefficient (Wildman–Crippen LogP) is 3.05. The number of rotatable bonds is 6. The molecule has 0 aliphatic rings. The van der Waals surface area contributed by atoms with Gasteiger partial charge in [-0.05, 0) is 34.1 Å². The molecule has 0 fully saturated rings. The Bertz CT molecular complexity index is 263. The van der Waals surface area contributed by atoms with Crippen LogP contribution >= 0.6 is 0 Å². The third-order valence-corrected chi connectivity index (χ3v) is 1.85. The van der Waals surface area contributed by atoms with Crippen LogP contribution in [0.4, 0.5) is 9.59 Å². The Kier molecular flexibility index (Phi) is 7.91. The van der Waals surface area contributed by atoms with E-state index < -0.39 is 18.4 Å². The molecule has 0 heterocycles. The van der Waals surface area contributed by atoms with E-state index in [0.717, 1.165) is 0 Å². The van der Waals surface area contributed by atoms with Gasteiger partial charge in [0.25, 0.3) is 0 Å². The molecule has 0 bridgehead atoms. The van der Waals surface area contributed by atoms with Crippen molar-refractivity contribution in [2.45, 2.75) is 53.2 Å².